The van der Waals surface area contributed by atoms with Crippen molar-refractivity contribution in [2.75, 3.05) is 12.4 Å². The summed E-state index contributed by atoms with van der Waals surface area (Å²) in [5, 5.41) is 4.35. The van der Waals surface area contributed by atoms with Gasteiger partial charge in [-0.05, 0) is 53.6 Å². The molecule has 2 aromatic heterocycles. The molecule has 2 heterocycles. The van der Waals surface area contributed by atoms with Gasteiger partial charge in [0.1, 0.15) is 11.6 Å². The predicted molar refractivity (Wildman–Crippen MR) is 132 cm³/mol. The number of nitrogens with one attached hydrogen (secondary N) is 1. The summed E-state index contributed by atoms with van der Waals surface area (Å²) in [5.41, 5.74) is 4.99. The number of anilines is 2. The fourth-order valence-electron chi connectivity index (χ4n) is 3.47. The van der Waals surface area contributed by atoms with Gasteiger partial charge in [-0.15, -0.1) is 12.4 Å². The summed E-state index contributed by atoms with van der Waals surface area (Å²) >= 11 is 0. The standard InChI is InChI=1S/C26H20N4O.ClH/c1-31-22-13-14-24-23(16-22)26(30-25(29-24)20-8-5-15-27-17-20)28-21-11-9-19(10-12-21)18-6-3-2-4-7-18;/h2-17H,1H3,(H,28,29,30);1H. The summed E-state index contributed by atoms with van der Waals surface area (Å²) in [7, 11) is 1.65. The molecule has 3 aromatic carbocycles. The minimum absolute atomic E-state index is 0. The first-order valence-electron chi connectivity index (χ1n) is 9.99. The molecule has 0 aliphatic heterocycles. The second-order valence-corrected chi connectivity index (χ2v) is 7.09. The summed E-state index contributed by atoms with van der Waals surface area (Å²) in [6.45, 7) is 0. The van der Waals surface area contributed by atoms with E-state index < -0.39 is 0 Å². The Bertz CT molecular complexity index is 1330. The molecule has 0 aliphatic carbocycles. The highest BCUT2D eigenvalue weighted by Crippen LogP contribution is 2.30. The zero-order valence-electron chi connectivity index (χ0n) is 17.4. The number of fused-ring (bicyclic) bond motifs is 1. The third kappa shape index (κ3) is 4.38. The monoisotopic (exact) mass is 440 g/mol. The van der Waals surface area contributed by atoms with Crippen LogP contribution in [-0.2, 0) is 0 Å². The van der Waals surface area contributed by atoms with Gasteiger partial charge < -0.3 is 10.1 Å². The maximum Gasteiger partial charge on any atom is 0.163 e. The van der Waals surface area contributed by atoms with Crippen LogP contribution >= 0.6 is 12.4 Å². The zero-order valence-corrected chi connectivity index (χ0v) is 18.2. The van der Waals surface area contributed by atoms with E-state index in [0.29, 0.717) is 5.82 Å². The molecule has 1 N–H and O–H groups in total. The van der Waals surface area contributed by atoms with E-state index in [2.05, 4.69) is 46.7 Å². The SMILES string of the molecule is COc1ccc2nc(-c3cccnc3)nc(Nc3ccc(-c4ccccc4)cc3)c2c1.Cl. The van der Waals surface area contributed by atoms with Gasteiger partial charge in [0.25, 0.3) is 0 Å². The van der Waals surface area contributed by atoms with Crippen LogP contribution < -0.4 is 10.1 Å². The van der Waals surface area contributed by atoms with Gasteiger partial charge in [0.2, 0.25) is 0 Å². The minimum Gasteiger partial charge on any atom is -0.497 e. The molecule has 5 rings (SSSR count). The van der Waals surface area contributed by atoms with Crippen LogP contribution in [0.4, 0.5) is 11.5 Å². The van der Waals surface area contributed by atoms with Crippen molar-refractivity contribution in [3.8, 4) is 28.3 Å². The van der Waals surface area contributed by atoms with Crippen molar-refractivity contribution < 1.29 is 4.74 Å². The molecule has 0 bridgehead atoms. The molecule has 0 aliphatic rings. The van der Waals surface area contributed by atoms with Crippen molar-refractivity contribution in [1.82, 2.24) is 15.0 Å². The lowest BCUT2D eigenvalue weighted by Crippen LogP contribution is -2.00. The first-order chi connectivity index (χ1) is 15.3. The molecular formula is C26H21ClN4O. The highest BCUT2D eigenvalue weighted by molar-refractivity contribution is 5.93. The molecule has 5 nitrogen and oxygen atoms in total. The van der Waals surface area contributed by atoms with Crippen LogP contribution in [0.3, 0.4) is 0 Å². The largest absolute Gasteiger partial charge is 0.497 e. The number of aromatic nitrogens is 3. The van der Waals surface area contributed by atoms with Crippen LogP contribution in [0.25, 0.3) is 33.4 Å². The number of rotatable bonds is 5. The van der Waals surface area contributed by atoms with Crippen molar-refractivity contribution >= 4 is 34.8 Å². The van der Waals surface area contributed by atoms with E-state index in [-0.39, 0.29) is 12.4 Å². The Hall–Kier alpha value is -3.96. The second kappa shape index (κ2) is 9.45. The molecule has 6 heteroatoms. The molecule has 0 radical (unpaired) electrons. The normalized spacial score (nSPS) is 10.4. The van der Waals surface area contributed by atoms with Crippen molar-refractivity contribution in [2.45, 2.75) is 0 Å². The van der Waals surface area contributed by atoms with Gasteiger partial charge >= 0.3 is 0 Å². The van der Waals surface area contributed by atoms with Crippen LogP contribution in [-0.4, -0.2) is 22.1 Å². The first-order valence-corrected chi connectivity index (χ1v) is 9.99. The summed E-state index contributed by atoms with van der Waals surface area (Å²) in [6, 6.07) is 28.3. The summed E-state index contributed by atoms with van der Waals surface area (Å²) in [5.74, 6) is 2.09. The van der Waals surface area contributed by atoms with Crippen LogP contribution in [0.5, 0.6) is 5.75 Å². The van der Waals surface area contributed by atoms with Gasteiger partial charge in [0.05, 0.1) is 12.6 Å². The Morgan fingerprint density at radius 1 is 0.750 bits per heavy atom. The maximum atomic E-state index is 5.41. The van der Waals surface area contributed by atoms with E-state index in [1.807, 2.05) is 48.5 Å². The van der Waals surface area contributed by atoms with Crippen molar-refractivity contribution in [1.29, 1.82) is 0 Å². The van der Waals surface area contributed by atoms with Gasteiger partial charge in [0, 0.05) is 29.0 Å². The second-order valence-electron chi connectivity index (χ2n) is 7.09. The van der Waals surface area contributed by atoms with Gasteiger partial charge in [-0.1, -0.05) is 42.5 Å². The van der Waals surface area contributed by atoms with Crippen LogP contribution in [0, 0.1) is 0 Å². The Morgan fingerprint density at radius 3 is 2.22 bits per heavy atom. The van der Waals surface area contributed by atoms with Crippen LogP contribution in [0.15, 0.2) is 97.3 Å². The van der Waals surface area contributed by atoms with E-state index >= 15 is 0 Å². The summed E-state index contributed by atoms with van der Waals surface area (Å²) in [4.78, 5) is 13.7. The molecule has 5 aromatic rings. The average molecular weight is 441 g/mol. The Balaban J connectivity index is 0.00000245. The molecule has 0 atom stereocenters. The lowest BCUT2D eigenvalue weighted by Gasteiger charge is -2.12. The molecule has 0 fully saturated rings. The highest BCUT2D eigenvalue weighted by atomic mass is 35.5. The third-order valence-electron chi connectivity index (χ3n) is 5.08. The van der Waals surface area contributed by atoms with Gasteiger partial charge in [-0.2, -0.15) is 0 Å². The van der Waals surface area contributed by atoms with Gasteiger partial charge in [0.15, 0.2) is 5.82 Å². The molecule has 0 saturated heterocycles. The first kappa shape index (κ1) is 21.3. The summed E-state index contributed by atoms with van der Waals surface area (Å²) < 4.78 is 5.41. The molecule has 32 heavy (non-hydrogen) atoms. The number of ether oxygens (including phenoxy) is 1. The predicted octanol–water partition coefficient (Wildman–Crippen LogP) is 6.53. The number of methoxy groups -OCH3 is 1. The molecule has 0 unspecified atom stereocenters. The topological polar surface area (TPSA) is 59.9 Å². The van der Waals surface area contributed by atoms with E-state index in [9.17, 15) is 0 Å². The average Bonchev–Trinajstić information content (AvgIpc) is 2.85. The van der Waals surface area contributed by atoms with Crippen molar-refractivity contribution in [2.24, 2.45) is 0 Å². The summed E-state index contributed by atoms with van der Waals surface area (Å²) in [6.07, 6.45) is 3.51. The maximum absolute atomic E-state index is 5.41. The van der Waals surface area contributed by atoms with Gasteiger partial charge in [-0.25, -0.2) is 9.97 Å². The number of hydrogen-bond acceptors (Lipinski definition) is 5. The van der Waals surface area contributed by atoms with E-state index in [1.54, 1.807) is 19.5 Å². The number of hydrogen-bond donors (Lipinski definition) is 1. The van der Waals surface area contributed by atoms with Crippen LogP contribution in [0.2, 0.25) is 0 Å². The quantitative estimate of drug-likeness (QED) is 0.336. The zero-order chi connectivity index (χ0) is 21.0. The Labute approximate surface area is 192 Å². The smallest absolute Gasteiger partial charge is 0.163 e. The molecule has 158 valence electrons. The van der Waals surface area contributed by atoms with E-state index in [0.717, 1.165) is 39.3 Å². The van der Waals surface area contributed by atoms with E-state index in [1.165, 1.54) is 5.56 Å². The third-order valence-corrected chi connectivity index (χ3v) is 5.08. The molecular weight excluding hydrogens is 420 g/mol. The highest BCUT2D eigenvalue weighted by Gasteiger charge is 2.11. The molecule has 0 saturated carbocycles. The van der Waals surface area contributed by atoms with E-state index in [4.69, 9.17) is 14.7 Å². The van der Waals surface area contributed by atoms with Crippen LogP contribution in [0.1, 0.15) is 0 Å². The number of pyridine rings is 1. The molecule has 0 amide bonds. The molecule has 0 spiro atoms. The lowest BCUT2D eigenvalue weighted by molar-refractivity contribution is 0.415. The number of halogens is 1. The Morgan fingerprint density at radius 2 is 1.50 bits per heavy atom. The van der Waals surface area contributed by atoms with Crippen molar-refractivity contribution in [3.63, 3.8) is 0 Å². The number of benzene rings is 3. The fourth-order valence-corrected chi connectivity index (χ4v) is 3.47. The van der Waals surface area contributed by atoms with Crippen molar-refractivity contribution in [3.05, 3.63) is 97.3 Å². The Kier molecular flexibility index (Phi) is 6.29. The minimum atomic E-state index is 0. The number of nitrogens with zero attached hydrogens (tertiary/aromatic N) is 3. The lowest BCUT2D eigenvalue weighted by atomic mass is 10.1. The fraction of sp³-hybridized carbons (Fsp3) is 0.0385. The van der Waals surface area contributed by atoms with Gasteiger partial charge in [-0.3, -0.25) is 4.98 Å².